The molecular weight excluding hydrogens is 281 g/mol. The summed E-state index contributed by atoms with van der Waals surface area (Å²) in [6.45, 7) is -0.207. The highest BCUT2D eigenvalue weighted by atomic mass is 19.4. The number of carboxylic acid groups (broad SMARTS) is 1. The Bertz CT molecular complexity index is 447. The Hall–Kier alpha value is -1.80. The molecule has 1 unspecified atom stereocenters. The average Bonchev–Trinajstić information content (AvgIpc) is 2.32. The smallest absolute Gasteiger partial charge is 0.479 e. The fourth-order valence-electron chi connectivity index (χ4n) is 1.45. The number of carbonyl (C=O) groups is 1. The number of benzene rings is 1. The number of aliphatic hydroxyl groups is 1. The van der Waals surface area contributed by atoms with Crippen LogP contribution < -0.4 is 4.74 Å². The summed E-state index contributed by atoms with van der Waals surface area (Å²) >= 11 is 0. The summed E-state index contributed by atoms with van der Waals surface area (Å²) in [6, 6.07) is 4.57. The van der Waals surface area contributed by atoms with Gasteiger partial charge in [0.15, 0.2) is 6.10 Å². The maximum Gasteiger partial charge on any atom is 0.573 e. The fourth-order valence-corrected chi connectivity index (χ4v) is 1.45. The van der Waals surface area contributed by atoms with E-state index in [1.165, 1.54) is 12.1 Å². The van der Waals surface area contributed by atoms with Gasteiger partial charge in [0.2, 0.25) is 0 Å². The van der Waals surface area contributed by atoms with Crippen LogP contribution in [0.15, 0.2) is 24.3 Å². The number of hydrogen-bond acceptors (Lipinski definition) is 4. The molecule has 0 saturated carbocycles. The minimum Gasteiger partial charge on any atom is -0.479 e. The minimum atomic E-state index is -4.85. The van der Waals surface area contributed by atoms with Crippen LogP contribution in [0.1, 0.15) is 18.1 Å². The third-order valence-corrected chi connectivity index (χ3v) is 2.21. The molecular formula is C12H13F3O5. The van der Waals surface area contributed by atoms with Crippen LogP contribution in [0.3, 0.4) is 0 Å². The normalized spacial score (nSPS) is 13.0. The van der Waals surface area contributed by atoms with Gasteiger partial charge in [-0.2, -0.15) is 0 Å². The molecule has 1 atom stereocenters. The van der Waals surface area contributed by atoms with Gasteiger partial charge in [0.25, 0.3) is 0 Å². The van der Waals surface area contributed by atoms with E-state index < -0.39 is 24.2 Å². The third kappa shape index (κ3) is 5.45. The van der Waals surface area contributed by atoms with Crippen LogP contribution in [0.25, 0.3) is 0 Å². The molecule has 5 nitrogen and oxygen atoms in total. The standard InChI is InChI=1S/C12H13F3O5/c13-12(14,15)20-9-4-1-3-8(7-9)10(11(17)18)19-6-2-5-16/h1,3-4,7,10,16H,2,5-6H2,(H,17,18). The number of alkyl halides is 3. The van der Waals surface area contributed by atoms with E-state index in [0.29, 0.717) is 0 Å². The largest absolute Gasteiger partial charge is 0.573 e. The van der Waals surface area contributed by atoms with Crippen molar-refractivity contribution < 1.29 is 37.7 Å². The van der Waals surface area contributed by atoms with Crippen molar-refractivity contribution in [3.05, 3.63) is 29.8 Å². The summed E-state index contributed by atoms with van der Waals surface area (Å²) in [5, 5.41) is 17.6. The minimum absolute atomic E-state index is 0.0252. The molecule has 0 aliphatic heterocycles. The molecule has 0 aromatic heterocycles. The van der Waals surface area contributed by atoms with Gasteiger partial charge in [-0.15, -0.1) is 13.2 Å². The van der Waals surface area contributed by atoms with Crippen molar-refractivity contribution in [1.29, 1.82) is 0 Å². The molecule has 112 valence electrons. The van der Waals surface area contributed by atoms with Crippen molar-refractivity contribution >= 4 is 5.97 Å². The molecule has 8 heteroatoms. The molecule has 1 rings (SSSR count). The lowest BCUT2D eigenvalue weighted by molar-refractivity contribution is -0.274. The third-order valence-electron chi connectivity index (χ3n) is 2.21. The lowest BCUT2D eigenvalue weighted by Crippen LogP contribution is -2.19. The van der Waals surface area contributed by atoms with Gasteiger partial charge >= 0.3 is 12.3 Å². The number of hydrogen-bond donors (Lipinski definition) is 2. The Balaban J connectivity index is 2.85. The van der Waals surface area contributed by atoms with Crippen molar-refractivity contribution in [1.82, 2.24) is 0 Å². The first-order valence-corrected chi connectivity index (χ1v) is 5.64. The predicted octanol–water partition coefficient (Wildman–Crippen LogP) is 2.11. The van der Waals surface area contributed by atoms with E-state index in [-0.39, 0.29) is 25.2 Å². The lowest BCUT2D eigenvalue weighted by Gasteiger charge is -2.15. The van der Waals surface area contributed by atoms with Gasteiger partial charge in [-0.1, -0.05) is 12.1 Å². The second kappa shape index (κ2) is 7.11. The van der Waals surface area contributed by atoms with E-state index in [4.69, 9.17) is 14.9 Å². The zero-order valence-corrected chi connectivity index (χ0v) is 10.3. The highest BCUT2D eigenvalue weighted by Crippen LogP contribution is 2.27. The van der Waals surface area contributed by atoms with Crippen molar-refractivity contribution in [2.75, 3.05) is 13.2 Å². The van der Waals surface area contributed by atoms with Crippen LogP contribution in [0, 0.1) is 0 Å². The molecule has 0 aliphatic carbocycles. The maximum atomic E-state index is 12.1. The molecule has 0 radical (unpaired) electrons. The fraction of sp³-hybridized carbons (Fsp3) is 0.417. The van der Waals surface area contributed by atoms with Gasteiger partial charge in [-0.25, -0.2) is 4.79 Å². The van der Waals surface area contributed by atoms with Crippen molar-refractivity contribution in [3.8, 4) is 5.75 Å². The van der Waals surface area contributed by atoms with Crippen molar-refractivity contribution in [2.45, 2.75) is 18.9 Å². The monoisotopic (exact) mass is 294 g/mol. The Kier molecular flexibility index (Phi) is 5.78. The number of aliphatic hydroxyl groups excluding tert-OH is 1. The molecule has 0 aliphatic rings. The first kappa shape index (κ1) is 16.3. The highest BCUT2D eigenvalue weighted by molar-refractivity contribution is 5.74. The molecule has 20 heavy (non-hydrogen) atoms. The second-order valence-electron chi connectivity index (χ2n) is 3.79. The van der Waals surface area contributed by atoms with E-state index in [1.54, 1.807) is 0 Å². The average molecular weight is 294 g/mol. The predicted molar refractivity (Wildman–Crippen MR) is 61.2 cm³/mol. The molecule has 0 fully saturated rings. The molecule has 0 saturated heterocycles. The summed E-state index contributed by atoms with van der Waals surface area (Å²) < 4.78 is 45.0. The zero-order valence-electron chi connectivity index (χ0n) is 10.3. The molecule has 1 aromatic rings. The summed E-state index contributed by atoms with van der Waals surface area (Å²) in [5.41, 5.74) is 0.0252. The lowest BCUT2D eigenvalue weighted by atomic mass is 10.1. The van der Waals surface area contributed by atoms with Crippen LogP contribution in [0.5, 0.6) is 5.75 Å². The molecule has 0 spiro atoms. The Labute approximate surface area is 112 Å². The number of aliphatic carboxylic acids is 1. The van der Waals surface area contributed by atoms with Crippen LogP contribution >= 0.6 is 0 Å². The van der Waals surface area contributed by atoms with Gasteiger partial charge in [0, 0.05) is 6.61 Å². The summed E-state index contributed by atoms with van der Waals surface area (Å²) in [7, 11) is 0. The first-order chi connectivity index (χ1) is 9.33. The van der Waals surface area contributed by atoms with E-state index in [9.17, 15) is 18.0 Å². The van der Waals surface area contributed by atoms with E-state index in [1.807, 2.05) is 0 Å². The van der Waals surface area contributed by atoms with Crippen LogP contribution in [0.4, 0.5) is 13.2 Å². The Morgan fingerprint density at radius 3 is 2.60 bits per heavy atom. The maximum absolute atomic E-state index is 12.1. The highest BCUT2D eigenvalue weighted by Gasteiger charge is 2.31. The van der Waals surface area contributed by atoms with Crippen molar-refractivity contribution in [3.63, 3.8) is 0 Å². The van der Waals surface area contributed by atoms with Crippen LogP contribution in [-0.4, -0.2) is 35.8 Å². The summed E-state index contributed by atoms with van der Waals surface area (Å²) in [4.78, 5) is 11.0. The van der Waals surface area contributed by atoms with Crippen LogP contribution in [0.2, 0.25) is 0 Å². The van der Waals surface area contributed by atoms with E-state index >= 15 is 0 Å². The summed E-state index contributed by atoms with van der Waals surface area (Å²) in [5.74, 6) is -1.86. The first-order valence-electron chi connectivity index (χ1n) is 5.64. The van der Waals surface area contributed by atoms with Gasteiger partial charge in [-0.05, 0) is 24.1 Å². The Morgan fingerprint density at radius 1 is 1.35 bits per heavy atom. The molecule has 0 heterocycles. The zero-order chi connectivity index (χ0) is 15.2. The SMILES string of the molecule is O=C(O)C(OCCCO)c1cccc(OC(F)(F)F)c1. The molecule has 2 N–H and O–H groups in total. The molecule has 1 aromatic carbocycles. The second-order valence-corrected chi connectivity index (χ2v) is 3.79. The Morgan fingerprint density at radius 2 is 2.05 bits per heavy atom. The van der Waals surface area contributed by atoms with Gasteiger partial charge in [0.05, 0.1) is 6.61 Å². The molecule has 0 bridgehead atoms. The van der Waals surface area contributed by atoms with Crippen molar-refractivity contribution in [2.24, 2.45) is 0 Å². The quantitative estimate of drug-likeness (QED) is 0.753. The number of halogens is 3. The van der Waals surface area contributed by atoms with Gasteiger partial charge in [0.1, 0.15) is 5.75 Å². The number of carboxylic acids is 1. The van der Waals surface area contributed by atoms with Gasteiger partial charge < -0.3 is 19.7 Å². The van der Waals surface area contributed by atoms with Crippen LogP contribution in [-0.2, 0) is 9.53 Å². The van der Waals surface area contributed by atoms with Gasteiger partial charge in [-0.3, -0.25) is 0 Å². The topological polar surface area (TPSA) is 76.0 Å². The number of ether oxygens (including phenoxy) is 2. The summed E-state index contributed by atoms with van der Waals surface area (Å²) in [6.07, 6.45) is -6.05. The molecule has 0 amide bonds. The van der Waals surface area contributed by atoms with E-state index in [2.05, 4.69) is 4.74 Å². The van der Waals surface area contributed by atoms with E-state index in [0.717, 1.165) is 12.1 Å². The number of rotatable bonds is 7.